The summed E-state index contributed by atoms with van der Waals surface area (Å²) in [6.45, 7) is 2.20. The summed E-state index contributed by atoms with van der Waals surface area (Å²) in [5, 5.41) is 3.37. The fourth-order valence-corrected chi connectivity index (χ4v) is 2.39. The Balaban J connectivity index is 1.62. The molecular formula is C13H19N3O. The van der Waals surface area contributed by atoms with Gasteiger partial charge in [0.15, 0.2) is 0 Å². The summed E-state index contributed by atoms with van der Waals surface area (Å²) in [5.41, 5.74) is 1.26. The van der Waals surface area contributed by atoms with E-state index in [1.165, 1.54) is 24.8 Å². The molecule has 1 N–H and O–H groups in total. The van der Waals surface area contributed by atoms with E-state index in [0.717, 1.165) is 25.9 Å². The van der Waals surface area contributed by atoms with E-state index in [-0.39, 0.29) is 0 Å². The maximum absolute atomic E-state index is 5.66. The van der Waals surface area contributed by atoms with E-state index in [2.05, 4.69) is 15.3 Å². The molecule has 1 saturated carbocycles. The first kappa shape index (κ1) is 11.0. The molecule has 92 valence electrons. The van der Waals surface area contributed by atoms with Crippen molar-refractivity contribution in [1.82, 2.24) is 15.3 Å². The molecule has 1 aliphatic carbocycles. The van der Waals surface area contributed by atoms with Crippen LogP contribution in [0.4, 0.5) is 0 Å². The average Bonchev–Trinajstić information content (AvgIpc) is 2.36. The topological polar surface area (TPSA) is 47.0 Å². The molecule has 0 spiro atoms. The van der Waals surface area contributed by atoms with Crippen LogP contribution in [0, 0.1) is 0 Å². The quantitative estimate of drug-likeness (QED) is 0.866. The predicted molar refractivity (Wildman–Crippen MR) is 65.1 cm³/mol. The molecule has 0 amide bonds. The summed E-state index contributed by atoms with van der Waals surface area (Å²) in [5.74, 6) is 0.619. The Morgan fingerprint density at radius 3 is 2.35 bits per heavy atom. The maximum Gasteiger partial charge on any atom is 0.316 e. The molecule has 0 bridgehead atoms. The Morgan fingerprint density at radius 2 is 1.76 bits per heavy atom. The van der Waals surface area contributed by atoms with E-state index in [1.807, 2.05) is 12.4 Å². The van der Waals surface area contributed by atoms with Crippen molar-refractivity contribution in [2.75, 3.05) is 13.1 Å². The molecule has 0 atom stereocenters. The first-order chi connectivity index (χ1) is 8.42. The molecule has 4 heteroatoms. The first-order valence-electron chi connectivity index (χ1n) is 6.61. The summed E-state index contributed by atoms with van der Waals surface area (Å²) < 4.78 is 5.66. The highest BCUT2D eigenvalue weighted by Crippen LogP contribution is 2.26. The van der Waals surface area contributed by atoms with Gasteiger partial charge in [0.1, 0.15) is 6.10 Å². The lowest BCUT2D eigenvalue weighted by atomic mass is 9.92. The third kappa shape index (κ3) is 2.57. The van der Waals surface area contributed by atoms with Gasteiger partial charge in [-0.05, 0) is 56.7 Å². The smallest absolute Gasteiger partial charge is 0.316 e. The van der Waals surface area contributed by atoms with Gasteiger partial charge in [-0.25, -0.2) is 9.97 Å². The van der Waals surface area contributed by atoms with E-state index in [1.54, 1.807) is 0 Å². The molecule has 17 heavy (non-hydrogen) atoms. The van der Waals surface area contributed by atoms with Crippen molar-refractivity contribution in [3.05, 3.63) is 18.0 Å². The highest BCUT2D eigenvalue weighted by atomic mass is 16.5. The van der Waals surface area contributed by atoms with Gasteiger partial charge in [0.2, 0.25) is 0 Å². The number of ether oxygens (including phenoxy) is 1. The van der Waals surface area contributed by atoms with Gasteiger partial charge in [0.25, 0.3) is 0 Å². The third-order valence-corrected chi connectivity index (χ3v) is 3.78. The largest absolute Gasteiger partial charge is 0.460 e. The Hall–Kier alpha value is -1.16. The Bertz CT molecular complexity index is 355. The average molecular weight is 233 g/mol. The van der Waals surface area contributed by atoms with E-state index >= 15 is 0 Å². The number of hydrogen-bond donors (Lipinski definition) is 1. The summed E-state index contributed by atoms with van der Waals surface area (Å²) in [7, 11) is 0. The summed E-state index contributed by atoms with van der Waals surface area (Å²) >= 11 is 0. The fourth-order valence-electron chi connectivity index (χ4n) is 2.39. The van der Waals surface area contributed by atoms with Crippen molar-refractivity contribution in [3.63, 3.8) is 0 Å². The molecule has 2 aliphatic rings. The van der Waals surface area contributed by atoms with Gasteiger partial charge in [-0.2, -0.15) is 0 Å². The normalized spacial score (nSPS) is 22.1. The van der Waals surface area contributed by atoms with Crippen molar-refractivity contribution in [1.29, 1.82) is 0 Å². The molecule has 0 radical (unpaired) electrons. The molecule has 1 aliphatic heterocycles. The van der Waals surface area contributed by atoms with E-state index in [4.69, 9.17) is 4.74 Å². The SMILES string of the molecule is c1nc(OC2CCC2)ncc1C1CCNCC1. The Labute approximate surface area is 102 Å². The van der Waals surface area contributed by atoms with Crippen LogP contribution < -0.4 is 10.1 Å². The maximum atomic E-state index is 5.66. The molecule has 0 unspecified atom stereocenters. The third-order valence-electron chi connectivity index (χ3n) is 3.78. The second-order valence-corrected chi connectivity index (χ2v) is 4.99. The number of piperidine rings is 1. The van der Waals surface area contributed by atoms with Crippen molar-refractivity contribution >= 4 is 0 Å². The lowest BCUT2D eigenvalue weighted by Crippen LogP contribution is -2.27. The molecule has 1 aromatic rings. The second-order valence-electron chi connectivity index (χ2n) is 4.99. The number of nitrogens with one attached hydrogen (secondary N) is 1. The molecular weight excluding hydrogens is 214 g/mol. The van der Waals surface area contributed by atoms with Crippen LogP contribution in [0.5, 0.6) is 6.01 Å². The minimum absolute atomic E-state index is 0.361. The monoisotopic (exact) mass is 233 g/mol. The standard InChI is InChI=1S/C13H19N3O/c1-2-12(3-1)17-13-15-8-11(9-16-13)10-4-6-14-7-5-10/h8-10,12,14H,1-7H2. The van der Waals surface area contributed by atoms with Crippen molar-refractivity contribution in [2.45, 2.75) is 44.1 Å². The summed E-state index contributed by atoms with van der Waals surface area (Å²) in [6.07, 6.45) is 10.2. The van der Waals surface area contributed by atoms with Crippen molar-refractivity contribution in [2.24, 2.45) is 0 Å². The number of aromatic nitrogens is 2. The second kappa shape index (κ2) is 5.00. The molecule has 2 fully saturated rings. The molecule has 1 aromatic heterocycles. The minimum Gasteiger partial charge on any atom is -0.460 e. The molecule has 1 saturated heterocycles. The molecule has 4 nitrogen and oxygen atoms in total. The zero-order valence-electron chi connectivity index (χ0n) is 10.1. The van der Waals surface area contributed by atoms with Gasteiger partial charge in [0, 0.05) is 12.4 Å². The van der Waals surface area contributed by atoms with Crippen LogP contribution in [0.25, 0.3) is 0 Å². The zero-order valence-corrected chi connectivity index (χ0v) is 10.1. The number of hydrogen-bond acceptors (Lipinski definition) is 4. The summed E-state index contributed by atoms with van der Waals surface area (Å²) in [4.78, 5) is 8.64. The highest BCUT2D eigenvalue weighted by molar-refractivity contribution is 5.14. The van der Waals surface area contributed by atoms with Crippen LogP contribution >= 0.6 is 0 Å². The fraction of sp³-hybridized carbons (Fsp3) is 0.692. The van der Waals surface area contributed by atoms with Crippen LogP contribution in [0.2, 0.25) is 0 Å². The predicted octanol–water partition coefficient (Wildman–Crippen LogP) is 1.87. The number of rotatable bonds is 3. The van der Waals surface area contributed by atoms with E-state index in [0.29, 0.717) is 18.0 Å². The Kier molecular flexibility index (Phi) is 3.22. The Morgan fingerprint density at radius 1 is 1.06 bits per heavy atom. The van der Waals surface area contributed by atoms with Gasteiger partial charge < -0.3 is 10.1 Å². The van der Waals surface area contributed by atoms with E-state index in [9.17, 15) is 0 Å². The van der Waals surface area contributed by atoms with Gasteiger partial charge >= 0.3 is 6.01 Å². The minimum atomic E-state index is 0.361. The molecule has 2 heterocycles. The lowest BCUT2D eigenvalue weighted by molar-refractivity contribution is 0.108. The summed E-state index contributed by atoms with van der Waals surface area (Å²) in [6, 6.07) is 0.549. The van der Waals surface area contributed by atoms with Crippen LogP contribution in [-0.4, -0.2) is 29.2 Å². The van der Waals surface area contributed by atoms with Gasteiger partial charge in [0.05, 0.1) is 0 Å². The van der Waals surface area contributed by atoms with Crippen molar-refractivity contribution in [3.8, 4) is 6.01 Å². The highest BCUT2D eigenvalue weighted by Gasteiger charge is 2.21. The van der Waals surface area contributed by atoms with Crippen LogP contribution in [0.3, 0.4) is 0 Å². The van der Waals surface area contributed by atoms with Crippen LogP contribution in [0.1, 0.15) is 43.6 Å². The molecule has 0 aromatic carbocycles. The van der Waals surface area contributed by atoms with Gasteiger partial charge in [-0.3, -0.25) is 0 Å². The zero-order chi connectivity index (χ0) is 11.5. The lowest BCUT2D eigenvalue weighted by Gasteiger charge is -2.25. The number of nitrogens with zero attached hydrogens (tertiary/aromatic N) is 2. The van der Waals surface area contributed by atoms with Gasteiger partial charge in [-0.1, -0.05) is 0 Å². The van der Waals surface area contributed by atoms with Gasteiger partial charge in [-0.15, -0.1) is 0 Å². The van der Waals surface area contributed by atoms with E-state index < -0.39 is 0 Å². The molecule has 3 rings (SSSR count). The van der Waals surface area contributed by atoms with Crippen molar-refractivity contribution < 1.29 is 4.74 Å². The van der Waals surface area contributed by atoms with Crippen LogP contribution in [0.15, 0.2) is 12.4 Å². The first-order valence-corrected chi connectivity index (χ1v) is 6.61. The van der Waals surface area contributed by atoms with Crippen LogP contribution in [-0.2, 0) is 0 Å².